The number of nitrogens with zero attached hydrogens (tertiary/aromatic N) is 1. The van der Waals surface area contributed by atoms with Crippen LogP contribution >= 0.6 is 24.2 Å². The highest BCUT2D eigenvalue weighted by Crippen LogP contribution is 2.24. The molecule has 0 aromatic heterocycles. The van der Waals surface area contributed by atoms with Gasteiger partial charge in [-0.3, -0.25) is 9.59 Å². The molecular weight excluding hydrogens is 358 g/mol. The number of benzene rings is 1. The Morgan fingerprint density at radius 3 is 2.76 bits per heavy atom. The Kier molecular flexibility index (Phi) is 7.59. The Hall–Kier alpha value is -1.24. The van der Waals surface area contributed by atoms with Crippen molar-refractivity contribution in [3.63, 3.8) is 0 Å². The zero-order valence-corrected chi connectivity index (χ0v) is 16.2. The Morgan fingerprint density at radius 1 is 1.32 bits per heavy atom. The highest BCUT2D eigenvalue weighted by atomic mass is 35.5. The predicted octanol–water partition coefficient (Wildman–Crippen LogP) is 2.69. The third-order valence-corrected chi connectivity index (χ3v) is 5.72. The van der Waals surface area contributed by atoms with E-state index in [9.17, 15) is 9.59 Å². The first-order chi connectivity index (χ1) is 11.6. The first kappa shape index (κ1) is 20.1. The van der Waals surface area contributed by atoms with Crippen LogP contribution in [0.15, 0.2) is 18.2 Å². The summed E-state index contributed by atoms with van der Waals surface area (Å²) in [4.78, 5) is 27.1. The van der Waals surface area contributed by atoms with Gasteiger partial charge >= 0.3 is 0 Å². The molecule has 3 rings (SSSR count). The summed E-state index contributed by atoms with van der Waals surface area (Å²) in [6.45, 7) is 4.50. The second-order valence-corrected chi connectivity index (χ2v) is 7.62. The van der Waals surface area contributed by atoms with Crippen molar-refractivity contribution in [2.75, 3.05) is 36.5 Å². The topological polar surface area (TPSA) is 61.4 Å². The molecule has 2 fully saturated rings. The second kappa shape index (κ2) is 9.46. The highest BCUT2D eigenvalue weighted by molar-refractivity contribution is 7.99. The molecule has 2 saturated heterocycles. The van der Waals surface area contributed by atoms with Crippen LogP contribution in [-0.2, 0) is 4.79 Å². The van der Waals surface area contributed by atoms with Gasteiger partial charge in [-0.05, 0) is 31.4 Å². The van der Waals surface area contributed by atoms with Gasteiger partial charge in [0.1, 0.15) is 0 Å². The zero-order chi connectivity index (χ0) is 16.9. The van der Waals surface area contributed by atoms with Crippen molar-refractivity contribution in [3.05, 3.63) is 29.3 Å². The quantitative estimate of drug-likeness (QED) is 0.839. The first-order valence-corrected chi connectivity index (χ1v) is 9.80. The number of anilines is 1. The van der Waals surface area contributed by atoms with Gasteiger partial charge in [-0.25, -0.2) is 0 Å². The third kappa shape index (κ3) is 5.12. The summed E-state index contributed by atoms with van der Waals surface area (Å²) in [6, 6.07) is 5.86. The third-order valence-electron chi connectivity index (χ3n) is 4.58. The molecule has 1 aromatic rings. The standard InChI is InChI=1S/C18H25N3O2S.ClH/c1-13-5-4-6-15(17(13)18(23)21-8-2-3-9-21)20-16(22)11-14-12-24-10-7-19-14;/h4-6,14,19H,2-3,7-12H2,1H3,(H,20,22);1H. The summed E-state index contributed by atoms with van der Waals surface area (Å²) >= 11 is 1.88. The van der Waals surface area contributed by atoms with E-state index in [1.54, 1.807) is 0 Å². The number of amides is 2. The van der Waals surface area contributed by atoms with Gasteiger partial charge in [0.2, 0.25) is 5.91 Å². The normalized spacial score (nSPS) is 20.0. The number of aryl methyl sites for hydroxylation is 1. The number of hydrogen-bond acceptors (Lipinski definition) is 4. The lowest BCUT2D eigenvalue weighted by atomic mass is 10.0. The van der Waals surface area contributed by atoms with E-state index in [4.69, 9.17) is 0 Å². The Bertz CT molecular complexity index is 614. The lowest BCUT2D eigenvalue weighted by Gasteiger charge is -2.23. The molecule has 2 amide bonds. The number of thioether (sulfide) groups is 1. The molecule has 2 heterocycles. The fourth-order valence-corrected chi connectivity index (χ4v) is 4.26. The van der Waals surface area contributed by atoms with Crippen LogP contribution < -0.4 is 10.6 Å². The number of carbonyl (C=O) groups is 2. The fourth-order valence-electron chi connectivity index (χ4n) is 3.31. The highest BCUT2D eigenvalue weighted by Gasteiger charge is 2.24. The first-order valence-electron chi connectivity index (χ1n) is 8.65. The molecule has 0 aliphatic carbocycles. The van der Waals surface area contributed by atoms with E-state index in [0.29, 0.717) is 17.7 Å². The molecule has 1 unspecified atom stereocenters. The molecular formula is C18H26ClN3O2S. The second-order valence-electron chi connectivity index (χ2n) is 6.48. The summed E-state index contributed by atoms with van der Waals surface area (Å²) in [7, 11) is 0. The van der Waals surface area contributed by atoms with Crippen LogP contribution in [0.2, 0.25) is 0 Å². The molecule has 5 nitrogen and oxygen atoms in total. The van der Waals surface area contributed by atoms with E-state index in [0.717, 1.165) is 49.5 Å². The SMILES string of the molecule is Cc1cccc(NC(=O)CC2CSCCN2)c1C(=O)N1CCCC1.Cl. The van der Waals surface area contributed by atoms with Crippen LogP contribution in [0.4, 0.5) is 5.69 Å². The minimum atomic E-state index is -0.0314. The molecule has 2 aliphatic heterocycles. The largest absolute Gasteiger partial charge is 0.339 e. The number of nitrogens with one attached hydrogen (secondary N) is 2. The summed E-state index contributed by atoms with van der Waals surface area (Å²) < 4.78 is 0. The number of likely N-dealkylation sites (tertiary alicyclic amines) is 1. The molecule has 2 N–H and O–H groups in total. The summed E-state index contributed by atoms with van der Waals surface area (Å²) in [5, 5.41) is 6.34. The van der Waals surface area contributed by atoms with Crippen LogP contribution in [-0.4, -0.2) is 53.9 Å². The van der Waals surface area contributed by atoms with Gasteiger partial charge in [0, 0.05) is 43.6 Å². The molecule has 7 heteroatoms. The number of hydrogen-bond donors (Lipinski definition) is 2. The maximum absolute atomic E-state index is 12.8. The Balaban J connectivity index is 0.00000225. The van der Waals surface area contributed by atoms with E-state index in [1.165, 1.54) is 0 Å². The predicted molar refractivity (Wildman–Crippen MR) is 106 cm³/mol. The molecule has 0 spiro atoms. The minimum Gasteiger partial charge on any atom is -0.339 e. The van der Waals surface area contributed by atoms with Gasteiger partial charge in [0.25, 0.3) is 5.91 Å². The fraction of sp³-hybridized carbons (Fsp3) is 0.556. The van der Waals surface area contributed by atoms with Gasteiger partial charge in [-0.1, -0.05) is 12.1 Å². The zero-order valence-electron chi connectivity index (χ0n) is 14.5. The minimum absolute atomic E-state index is 0. The van der Waals surface area contributed by atoms with Crippen molar-refractivity contribution < 1.29 is 9.59 Å². The van der Waals surface area contributed by atoms with Crippen molar-refractivity contribution in [3.8, 4) is 0 Å². The molecule has 0 bridgehead atoms. The van der Waals surface area contributed by atoms with Gasteiger partial charge in [0.15, 0.2) is 0 Å². The Morgan fingerprint density at radius 2 is 2.08 bits per heavy atom. The van der Waals surface area contributed by atoms with Gasteiger partial charge in [0.05, 0.1) is 11.3 Å². The lowest BCUT2D eigenvalue weighted by molar-refractivity contribution is -0.116. The van der Waals surface area contributed by atoms with E-state index >= 15 is 0 Å². The average molecular weight is 384 g/mol. The Labute approximate surface area is 159 Å². The van der Waals surface area contributed by atoms with E-state index in [2.05, 4.69) is 10.6 Å². The maximum atomic E-state index is 12.8. The average Bonchev–Trinajstić information content (AvgIpc) is 3.10. The van der Waals surface area contributed by atoms with E-state index in [-0.39, 0.29) is 30.3 Å². The molecule has 0 radical (unpaired) electrons. The van der Waals surface area contributed by atoms with Crippen molar-refractivity contribution in [1.82, 2.24) is 10.2 Å². The number of rotatable bonds is 4. The van der Waals surface area contributed by atoms with Crippen LogP contribution in [0, 0.1) is 6.92 Å². The van der Waals surface area contributed by atoms with Crippen molar-refractivity contribution in [2.45, 2.75) is 32.2 Å². The summed E-state index contributed by atoms with van der Waals surface area (Å²) in [5.74, 6) is 2.06. The molecule has 25 heavy (non-hydrogen) atoms. The summed E-state index contributed by atoms with van der Waals surface area (Å²) in [6.07, 6.45) is 2.56. The van der Waals surface area contributed by atoms with Crippen LogP contribution in [0.1, 0.15) is 35.2 Å². The van der Waals surface area contributed by atoms with Crippen LogP contribution in [0.5, 0.6) is 0 Å². The number of halogens is 1. The van der Waals surface area contributed by atoms with E-state index in [1.807, 2.05) is 41.8 Å². The van der Waals surface area contributed by atoms with Crippen molar-refractivity contribution in [2.24, 2.45) is 0 Å². The van der Waals surface area contributed by atoms with Gasteiger partial charge in [-0.15, -0.1) is 12.4 Å². The van der Waals surface area contributed by atoms with Gasteiger partial charge < -0.3 is 15.5 Å². The number of carbonyl (C=O) groups excluding carboxylic acids is 2. The molecule has 138 valence electrons. The van der Waals surface area contributed by atoms with Crippen molar-refractivity contribution >= 4 is 41.7 Å². The lowest BCUT2D eigenvalue weighted by Crippen LogP contribution is -2.40. The van der Waals surface area contributed by atoms with Gasteiger partial charge in [-0.2, -0.15) is 11.8 Å². The maximum Gasteiger partial charge on any atom is 0.256 e. The van der Waals surface area contributed by atoms with Crippen LogP contribution in [0.25, 0.3) is 0 Å². The summed E-state index contributed by atoms with van der Waals surface area (Å²) in [5.41, 5.74) is 2.19. The smallest absolute Gasteiger partial charge is 0.256 e. The molecule has 1 aromatic carbocycles. The molecule has 2 aliphatic rings. The van der Waals surface area contributed by atoms with E-state index < -0.39 is 0 Å². The molecule has 0 saturated carbocycles. The van der Waals surface area contributed by atoms with Crippen LogP contribution in [0.3, 0.4) is 0 Å². The van der Waals surface area contributed by atoms with Crippen molar-refractivity contribution in [1.29, 1.82) is 0 Å². The monoisotopic (exact) mass is 383 g/mol. The molecule has 1 atom stereocenters.